The van der Waals surface area contributed by atoms with E-state index in [0.29, 0.717) is 19.1 Å². The second kappa shape index (κ2) is 7.39. The Labute approximate surface area is 147 Å². The molecule has 0 spiro atoms. The van der Waals surface area contributed by atoms with Gasteiger partial charge in [-0.05, 0) is 56.3 Å². The summed E-state index contributed by atoms with van der Waals surface area (Å²) >= 11 is 0. The van der Waals surface area contributed by atoms with Crippen LogP contribution >= 0.6 is 0 Å². The van der Waals surface area contributed by atoms with Gasteiger partial charge in [-0.25, -0.2) is 17.6 Å². The van der Waals surface area contributed by atoms with Gasteiger partial charge in [-0.15, -0.1) is 0 Å². The molecule has 1 heterocycles. The van der Waals surface area contributed by atoms with Crippen LogP contribution in [0.1, 0.15) is 36.0 Å². The van der Waals surface area contributed by atoms with Crippen molar-refractivity contribution in [1.82, 2.24) is 9.62 Å². The number of carbonyl (C=O) groups excluding carboxylic acids is 1. The number of esters is 1. The lowest BCUT2D eigenvalue weighted by atomic mass is 10.1. The van der Waals surface area contributed by atoms with Gasteiger partial charge < -0.3 is 10.1 Å². The van der Waals surface area contributed by atoms with E-state index in [4.69, 9.17) is 0 Å². The van der Waals surface area contributed by atoms with Crippen LogP contribution in [0.4, 0.5) is 4.39 Å². The molecule has 3 rings (SSSR count). The standard InChI is InChI=1S/C17H23FN2O4S/c1-24-17(21)15-10-13(18)4-5-16(15)25(22,23)20-8-6-14(7-9-20)19-11-12-2-3-12/h4-5,10,12,14,19H,2-3,6-9,11H2,1H3. The average molecular weight is 370 g/mol. The number of hydrogen-bond acceptors (Lipinski definition) is 5. The first-order valence-corrected chi connectivity index (χ1v) is 9.97. The molecule has 2 aliphatic rings. The van der Waals surface area contributed by atoms with Gasteiger partial charge in [0.25, 0.3) is 0 Å². The molecule has 1 aliphatic carbocycles. The molecule has 0 bridgehead atoms. The Hall–Kier alpha value is -1.51. The molecular formula is C17H23FN2O4S. The lowest BCUT2D eigenvalue weighted by Crippen LogP contribution is -2.45. The van der Waals surface area contributed by atoms with E-state index >= 15 is 0 Å². The number of halogens is 1. The fraction of sp³-hybridized carbons (Fsp3) is 0.588. The van der Waals surface area contributed by atoms with Gasteiger partial charge in [0, 0.05) is 19.1 Å². The van der Waals surface area contributed by atoms with Gasteiger partial charge in [0.05, 0.1) is 17.6 Å². The van der Waals surface area contributed by atoms with Crippen LogP contribution in [0, 0.1) is 11.7 Å². The highest BCUT2D eigenvalue weighted by Crippen LogP contribution is 2.29. The van der Waals surface area contributed by atoms with Crippen LogP contribution in [0.3, 0.4) is 0 Å². The number of nitrogens with one attached hydrogen (secondary N) is 1. The Morgan fingerprint density at radius 3 is 2.56 bits per heavy atom. The van der Waals surface area contributed by atoms with E-state index in [9.17, 15) is 17.6 Å². The molecule has 0 amide bonds. The molecule has 8 heteroatoms. The minimum Gasteiger partial charge on any atom is -0.465 e. The summed E-state index contributed by atoms with van der Waals surface area (Å²) in [6, 6.07) is 3.40. The summed E-state index contributed by atoms with van der Waals surface area (Å²) in [5.74, 6) is -0.759. The highest BCUT2D eigenvalue weighted by atomic mass is 32.2. The van der Waals surface area contributed by atoms with Crippen molar-refractivity contribution in [2.45, 2.75) is 36.6 Å². The minimum atomic E-state index is -3.87. The van der Waals surface area contributed by atoms with Crippen LogP contribution in [0.2, 0.25) is 0 Å². The van der Waals surface area contributed by atoms with Crippen LogP contribution in [-0.2, 0) is 14.8 Å². The van der Waals surface area contributed by atoms with Crippen molar-refractivity contribution in [3.8, 4) is 0 Å². The molecule has 0 radical (unpaired) electrons. The van der Waals surface area contributed by atoms with E-state index in [1.165, 1.54) is 17.1 Å². The van der Waals surface area contributed by atoms with Crippen molar-refractivity contribution in [2.24, 2.45) is 5.92 Å². The van der Waals surface area contributed by atoms with Gasteiger partial charge in [-0.2, -0.15) is 4.31 Å². The fourth-order valence-corrected chi connectivity index (χ4v) is 4.72. The molecule has 25 heavy (non-hydrogen) atoms. The maximum atomic E-state index is 13.5. The quantitative estimate of drug-likeness (QED) is 0.773. The minimum absolute atomic E-state index is 0.204. The molecule has 1 aromatic carbocycles. The first-order chi connectivity index (χ1) is 11.9. The van der Waals surface area contributed by atoms with E-state index in [-0.39, 0.29) is 10.5 Å². The lowest BCUT2D eigenvalue weighted by Gasteiger charge is -2.32. The molecule has 1 aliphatic heterocycles. The SMILES string of the molecule is COC(=O)c1cc(F)ccc1S(=O)(=O)N1CCC(NCC2CC2)CC1. The van der Waals surface area contributed by atoms with E-state index in [1.807, 2.05) is 0 Å². The summed E-state index contributed by atoms with van der Waals surface area (Å²) in [5, 5.41) is 3.50. The molecule has 0 atom stereocenters. The monoisotopic (exact) mass is 370 g/mol. The van der Waals surface area contributed by atoms with E-state index < -0.39 is 21.8 Å². The zero-order valence-corrected chi connectivity index (χ0v) is 15.0. The average Bonchev–Trinajstić information content (AvgIpc) is 3.43. The van der Waals surface area contributed by atoms with Gasteiger partial charge in [-0.3, -0.25) is 0 Å². The third-order valence-corrected chi connectivity index (χ3v) is 6.77. The summed E-state index contributed by atoms with van der Waals surface area (Å²) in [6.07, 6.45) is 4.00. The molecule has 2 fully saturated rings. The molecule has 1 saturated carbocycles. The maximum absolute atomic E-state index is 13.5. The summed E-state index contributed by atoms with van der Waals surface area (Å²) in [4.78, 5) is 11.6. The van der Waals surface area contributed by atoms with Crippen LogP contribution < -0.4 is 5.32 Å². The maximum Gasteiger partial charge on any atom is 0.339 e. The fourth-order valence-electron chi connectivity index (χ4n) is 3.09. The van der Waals surface area contributed by atoms with Gasteiger partial charge in [0.1, 0.15) is 5.82 Å². The van der Waals surface area contributed by atoms with Crippen LogP contribution in [0.15, 0.2) is 23.1 Å². The summed E-state index contributed by atoms with van der Waals surface area (Å²) in [5.41, 5.74) is -0.267. The molecule has 1 aromatic rings. The molecule has 6 nitrogen and oxygen atoms in total. The molecular weight excluding hydrogens is 347 g/mol. The topological polar surface area (TPSA) is 75.7 Å². The Balaban J connectivity index is 1.72. The highest BCUT2D eigenvalue weighted by molar-refractivity contribution is 7.89. The van der Waals surface area contributed by atoms with Gasteiger partial charge in [0.15, 0.2) is 0 Å². The first-order valence-electron chi connectivity index (χ1n) is 8.53. The highest BCUT2D eigenvalue weighted by Gasteiger charge is 2.33. The number of hydrogen-bond donors (Lipinski definition) is 1. The molecule has 1 N–H and O–H groups in total. The van der Waals surface area contributed by atoms with E-state index in [1.54, 1.807) is 0 Å². The normalized spacial score (nSPS) is 19.8. The van der Waals surface area contributed by atoms with E-state index in [2.05, 4.69) is 10.1 Å². The van der Waals surface area contributed by atoms with E-state index in [0.717, 1.165) is 50.6 Å². The Bertz CT molecular complexity index is 741. The number of carbonyl (C=O) groups is 1. The lowest BCUT2D eigenvalue weighted by molar-refractivity contribution is 0.0595. The largest absolute Gasteiger partial charge is 0.465 e. The third-order valence-electron chi connectivity index (χ3n) is 4.81. The summed E-state index contributed by atoms with van der Waals surface area (Å²) in [6.45, 7) is 1.76. The zero-order chi connectivity index (χ0) is 18.0. The van der Waals surface area contributed by atoms with Gasteiger partial charge in [0.2, 0.25) is 10.0 Å². The summed E-state index contributed by atoms with van der Waals surface area (Å²) in [7, 11) is -2.73. The van der Waals surface area contributed by atoms with Crippen LogP contribution in [0.25, 0.3) is 0 Å². The number of sulfonamides is 1. The number of piperidine rings is 1. The smallest absolute Gasteiger partial charge is 0.339 e. The van der Waals surface area contributed by atoms with Crippen molar-refractivity contribution in [3.05, 3.63) is 29.6 Å². The number of nitrogens with zero attached hydrogens (tertiary/aromatic N) is 1. The molecule has 138 valence electrons. The molecule has 0 aromatic heterocycles. The molecule has 0 unspecified atom stereocenters. The number of benzene rings is 1. The zero-order valence-electron chi connectivity index (χ0n) is 14.2. The number of ether oxygens (including phenoxy) is 1. The first kappa shape index (κ1) is 18.3. The van der Waals surface area contributed by atoms with Crippen molar-refractivity contribution in [2.75, 3.05) is 26.7 Å². The van der Waals surface area contributed by atoms with Gasteiger partial charge >= 0.3 is 5.97 Å². The second-order valence-electron chi connectivity index (χ2n) is 6.66. The second-order valence-corrected chi connectivity index (χ2v) is 8.57. The van der Waals surface area contributed by atoms with Crippen molar-refractivity contribution < 1.29 is 22.3 Å². The van der Waals surface area contributed by atoms with Crippen molar-refractivity contribution >= 4 is 16.0 Å². The van der Waals surface area contributed by atoms with Crippen molar-refractivity contribution in [1.29, 1.82) is 0 Å². The Morgan fingerprint density at radius 1 is 1.28 bits per heavy atom. The number of methoxy groups -OCH3 is 1. The number of rotatable bonds is 6. The predicted molar refractivity (Wildman–Crippen MR) is 90.2 cm³/mol. The molecule has 1 saturated heterocycles. The van der Waals surface area contributed by atoms with Crippen LogP contribution in [-0.4, -0.2) is 51.5 Å². The van der Waals surface area contributed by atoms with Crippen molar-refractivity contribution in [3.63, 3.8) is 0 Å². The third kappa shape index (κ3) is 4.19. The Kier molecular flexibility index (Phi) is 5.41. The van der Waals surface area contributed by atoms with Gasteiger partial charge in [-0.1, -0.05) is 0 Å². The summed E-state index contributed by atoms with van der Waals surface area (Å²) < 4.78 is 45.2. The Morgan fingerprint density at radius 2 is 1.96 bits per heavy atom. The predicted octanol–water partition coefficient (Wildman–Crippen LogP) is 1.76. The van der Waals surface area contributed by atoms with Crippen LogP contribution in [0.5, 0.6) is 0 Å².